The maximum atomic E-state index is 12.6. The number of hydrogen-bond acceptors (Lipinski definition) is 4. The second kappa shape index (κ2) is 11.4. The lowest BCUT2D eigenvalue weighted by Gasteiger charge is -2.33. The van der Waals surface area contributed by atoms with Crippen LogP contribution < -0.4 is 16.0 Å². The van der Waals surface area contributed by atoms with Crippen molar-refractivity contribution < 1.29 is 18.0 Å². The Labute approximate surface area is 186 Å². The van der Waals surface area contributed by atoms with Crippen LogP contribution in [-0.2, 0) is 17.4 Å². The van der Waals surface area contributed by atoms with Gasteiger partial charge in [-0.25, -0.2) is 4.98 Å². The minimum Gasteiger partial charge on any atom is -0.356 e. The molecule has 0 saturated carbocycles. The number of piperidine rings is 1. The third-order valence-electron chi connectivity index (χ3n) is 4.88. The quantitative estimate of drug-likeness (QED) is 0.708. The molecule has 0 bridgehead atoms. The summed E-state index contributed by atoms with van der Waals surface area (Å²) < 4.78 is 37.9. The van der Waals surface area contributed by atoms with Crippen molar-refractivity contribution in [1.82, 2.24) is 10.3 Å². The monoisotopic (exact) mass is 464 g/mol. The third-order valence-corrected chi connectivity index (χ3v) is 4.88. The van der Waals surface area contributed by atoms with E-state index in [-0.39, 0.29) is 36.8 Å². The zero-order chi connectivity index (χ0) is 20.1. The number of amides is 1. The highest BCUT2D eigenvalue weighted by Crippen LogP contribution is 2.29. The van der Waals surface area contributed by atoms with Gasteiger partial charge in [-0.3, -0.25) is 4.79 Å². The molecular formula is C20H25Cl2F3N4O. The maximum Gasteiger partial charge on any atom is 0.417 e. The van der Waals surface area contributed by atoms with Gasteiger partial charge in [-0.15, -0.1) is 24.8 Å². The van der Waals surface area contributed by atoms with Crippen LogP contribution in [0.5, 0.6) is 0 Å². The Balaban J connectivity index is 0.00000225. The van der Waals surface area contributed by atoms with Crippen molar-refractivity contribution in [2.24, 2.45) is 5.73 Å². The Kier molecular flexibility index (Phi) is 9.87. The molecule has 166 valence electrons. The molecule has 3 N–H and O–H groups in total. The molecular weight excluding hydrogens is 440 g/mol. The number of benzene rings is 1. The summed E-state index contributed by atoms with van der Waals surface area (Å²) in [6, 6.07) is 11.4. The van der Waals surface area contributed by atoms with Crippen molar-refractivity contribution in [2.45, 2.75) is 37.5 Å². The van der Waals surface area contributed by atoms with Crippen molar-refractivity contribution in [1.29, 1.82) is 0 Å². The highest BCUT2D eigenvalue weighted by atomic mass is 35.5. The Hall–Kier alpha value is -2.03. The molecule has 5 nitrogen and oxygen atoms in total. The number of hydrogen-bond donors (Lipinski definition) is 2. The first-order chi connectivity index (χ1) is 13.3. The van der Waals surface area contributed by atoms with Gasteiger partial charge < -0.3 is 16.0 Å². The number of carbonyl (C=O) groups is 1. The molecule has 10 heteroatoms. The molecule has 1 aliphatic heterocycles. The van der Waals surface area contributed by atoms with Crippen LogP contribution in [0.2, 0.25) is 0 Å². The second-order valence-corrected chi connectivity index (χ2v) is 6.97. The van der Waals surface area contributed by atoms with Crippen LogP contribution in [0.4, 0.5) is 19.0 Å². The van der Waals surface area contributed by atoms with Crippen LogP contribution in [-0.4, -0.2) is 36.1 Å². The fourth-order valence-corrected chi connectivity index (χ4v) is 3.26. The van der Waals surface area contributed by atoms with Crippen molar-refractivity contribution >= 4 is 36.5 Å². The molecule has 1 unspecified atom stereocenters. The topological polar surface area (TPSA) is 71.2 Å². The van der Waals surface area contributed by atoms with E-state index in [9.17, 15) is 18.0 Å². The lowest BCUT2D eigenvalue weighted by molar-refractivity contribution is -0.137. The molecule has 3 rings (SSSR count). The number of carbonyl (C=O) groups excluding carboxylic acids is 1. The molecule has 1 atom stereocenters. The standard InChI is InChI=1S/C20H23F3N4O.2ClH/c21-20(22,23)15-6-7-18(25-13-15)27-10-8-16(9-11-27)26-19(28)17(24)12-14-4-2-1-3-5-14;;/h1-7,13,16-17H,8-12,24H2,(H,26,28);2*1H. The van der Waals surface area contributed by atoms with E-state index in [0.717, 1.165) is 17.8 Å². The predicted molar refractivity (Wildman–Crippen MR) is 115 cm³/mol. The van der Waals surface area contributed by atoms with Gasteiger partial charge in [-0.1, -0.05) is 30.3 Å². The van der Waals surface area contributed by atoms with E-state index in [1.165, 1.54) is 6.07 Å². The zero-order valence-corrected chi connectivity index (χ0v) is 17.8. The van der Waals surface area contributed by atoms with Gasteiger partial charge in [-0.2, -0.15) is 13.2 Å². The van der Waals surface area contributed by atoms with Gasteiger partial charge in [0.05, 0.1) is 11.6 Å². The summed E-state index contributed by atoms with van der Waals surface area (Å²) in [6.07, 6.45) is -1.69. The molecule has 1 fully saturated rings. The normalized spacial score (nSPS) is 15.5. The van der Waals surface area contributed by atoms with E-state index in [1.54, 1.807) is 0 Å². The van der Waals surface area contributed by atoms with Crippen LogP contribution in [0.3, 0.4) is 0 Å². The first kappa shape index (κ1) is 26.0. The highest BCUT2D eigenvalue weighted by Gasteiger charge is 2.31. The molecule has 1 aromatic carbocycles. The number of nitrogens with two attached hydrogens (primary N) is 1. The molecule has 30 heavy (non-hydrogen) atoms. The molecule has 1 aromatic heterocycles. The largest absolute Gasteiger partial charge is 0.417 e. The van der Waals surface area contributed by atoms with Gasteiger partial charge in [0.15, 0.2) is 0 Å². The highest BCUT2D eigenvalue weighted by molar-refractivity contribution is 5.85. The number of nitrogens with one attached hydrogen (secondary N) is 1. The Morgan fingerprint density at radius 3 is 2.30 bits per heavy atom. The number of pyridine rings is 1. The van der Waals surface area contributed by atoms with Gasteiger partial charge >= 0.3 is 6.18 Å². The summed E-state index contributed by atoms with van der Waals surface area (Å²) >= 11 is 0. The van der Waals surface area contributed by atoms with Crippen LogP contribution >= 0.6 is 24.8 Å². The molecule has 2 heterocycles. The average Bonchev–Trinajstić information content (AvgIpc) is 2.69. The lowest BCUT2D eigenvalue weighted by Crippen LogP contribution is -2.50. The SMILES string of the molecule is Cl.Cl.NC(Cc1ccccc1)C(=O)NC1CCN(c2ccc(C(F)(F)F)cn2)CC1. The second-order valence-electron chi connectivity index (χ2n) is 6.97. The van der Waals surface area contributed by atoms with Crippen molar-refractivity contribution in [3.8, 4) is 0 Å². The Morgan fingerprint density at radius 2 is 1.77 bits per heavy atom. The van der Waals surface area contributed by atoms with E-state index in [4.69, 9.17) is 5.73 Å². The predicted octanol–water partition coefficient (Wildman–Crippen LogP) is 3.60. The van der Waals surface area contributed by atoms with Gasteiger partial charge in [0, 0.05) is 25.3 Å². The third kappa shape index (κ3) is 7.04. The minimum absolute atomic E-state index is 0. The fraction of sp³-hybridized carbons (Fsp3) is 0.400. The lowest BCUT2D eigenvalue weighted by atomic mass is 10.0. The minimum atomic E-state index is -4.39. The van der Waals surface area contributed by atoms with Crippen LogP contribution in [0.25, 0.3) is 0 Å². The Bertz CT molecular complexity index is 783. The number of aromatic nitrogens is 1. The van der Waals surface area contributed by atoms with Crippen LogP contribution in [0.15, 0.2) is 48.7 Å². The maximum absolute atomic E-state index is 12.6. The van der Waals surface area contributed by atoms with E-state index >= 15 is 0 Å². The number of alkyl halides is 3. The molecule has 1 aliphatic rings. The fourth-order valence-electron chi connectivity index (χ4n) is 3.26. The van der Waals surface area contributed by atoms with Gasteiger partial charge in [0.1, 0.15) is 5.82 Å². The molecule has 1 amide bonds. The molecule has 0 spiro atoms. The van der Waals surface area contributed by atoms with E-state index in [1.807, 2.05) is 35.2 Å². The number of nitrogens with zero attached hydrogens (tertiary/aromatic N) is 2. The van der Waals surface area contributed by atoms with Gasteiger partial charge in [0.25, 0.3) is 0 Å². The molecule has 2 aromatic rings. The number of halogens is 5. The van der Waals surface area contributed by atoms with E-state index in [2.05, 4.69) is 10.3 Å². The number of anilines is 1. The van der Waals surface area contributed by atoms with Gasteiger partial charge in [0.2, 0.25) is 5.91 Å². The number of rotatable bonds is 5. The van der Waals surface area contributed by atoms with E-state index in [0.29, 0.717) is 38.2 Å². The molecule has 1 saturated heterocycles. The smallest absolute Gasteiger partial charge is 0.356 e. The zero-order valence-electron chi connectivity index (χ0n) is 16.1. The summed E-state index contributed by atoms with van der Waals surface area (Å²) in [6.45, 7) is 1.22. The summed E-state index contributed by atoms with van der Waals surface area (Å²) in [5.41, 5.74) is 6.26. The van der Waals surface area contributed by atoms with Crippen molar-refractivity contribution in [3.63, 3.8) is 0 Å². The summed E-state index contributed by atoms with van der Waals surface area (Å²) in [7, 11) is 0. The summed E-state index contributed by atoms with van der Waals surface area (Å²) in [4.78, 5) is 18.2. The van der Waals surface area contributed by atoms with E-state index < -0.39 is 17.8 Å². The molecule has 0 radical (unpaired) electrons. The van der Waals surface area contributed by atoms with Crippen molar-refractivity contribution in [3.05, 3.63) is 59.8 Å². The molecule has 0 aliphatic carbocycles. The average molecular weight is 465 g/mol. The summed E-state index contributed by atoms with van der Waals surface area (Å²) in [5.74, 6) is 0.327. The first-order valence-corrected chi connectivity index (χ1v) is 9.21. The first-order valence-electron chi connectivity index (χ1n) is 9.21. The van der Waals surface area contributed by atoms with Crippen LogP contribution in [0.1, 0.15) is 24.0 Å². The summed E-state index contributed by atoms with van der Waals surface area (Å²) in [5, 5.41) is 2.98. The van der Waals surface area contributed by atoms with Crippen molar-refractivity contribution in [2.75, 3.05) is 18.0 Å². The Morgan fingerprint density at radius 1 is 1.13 bits per heavy atom. The van der Waals surface area contributed by atoms with Gasteiger partial charge in [-0.05, 0) is 37.0 Å². The van der Waals surface area contributed by atoms with Crippen LogP contribution in [0, 0.1) is 0 Å².